The first-order valence-corrected chi connectivity index (χ1v) is 7.05. The second kappa shape index (κ2) is 7.00. The predicted octanol–water partition coefficient (Wildman–Crippen LogP) is 3.94. The summed E-state index contributed by atoms with van der Waals surface area (Å²) in [6, 6.07) is 9.41. The lowest BCUT2D eigenvalue weighted by atomic mass is 10.2. The molecule has 0 aliphatic heterocycles. The topological polar surface area (TPSA) is 64.1 Å². The zero-order chi connectivity index (χ0) is 17.8. The van der Waals surface area contributed by atoms with Gasteiger partial charge >= 0.3 is 0 Å². The molecule has 0 aliphatic carbocycles. The number of hydrogen-bond donors (Lipinski definition) is 1. The lowest BCUT2D eigenvalue weighted by Gasteiger charge is -2.11. The van der Waals surface area contributed by atoms with Crippen molar-refractivity contribution in [2.75, 3.05) is 5.32 Å². The van der Waals surface area contributed by atoms with Gasteiger partial charge in [-0.3, -0.25) is 4.79 Å². The summed E-state index contributed by atoms with van der Waals surface area (Å²) < 4.78 is 45.2. The fourth-order valence-corrected chi connectivity index (χ4v) is 1.96. The second-order valence-electron chi connectivity index (χ2n) is 4.80. The first kappa shape index (κ1) is 16.4. The van der Waals surface area contributed by atoms with Gasteiger partial charge in [0.1, 0.15) is 11.4 Å². The van der Waals surface area contributed by atoms with E-state index in [1.165, 1.54) is 24.5 Å². The van der Waals surface area contributed by atoms with E-state index in [0.29, 0.717) is 11.9 Å². The van der Waals surface area contributed by atoms with Gasteiger partial charge in [-0.1, -0.05) is 6.07 Å². The van der Waals surface area contributed by atoms with Crippen molar-refractivity contribution in [1.82, 2.24) is 9.97 Å². The van der Waals surface area contributed by atoms with E-state index in [1.807, 2.05) is 0 Å². The Morgan fingerprint density at radius 3 is 2.48 bits per heavy atom. The number of ether oxygens (including phenoxy) is 1. The first-order valence-electron chi connectivity index (χ1n) is 7.05. The van der Waals surface area contributed by atoms with Crippen LogP contribution in [-0.2, 0) is 0 Å². The van der Waals surface area contributed by atoms with Gasteiger partial charge in [0.15, 0.2) is 17.4 Å². The molecule has 1 aromatic carbocycles. The van der Waals surface area contributed by atoms with E-state index in [2.05, 4.69) is 15.3 Å². The molecule has 5 nitrogen and oxygen atoms in total. The summed E-state index contributed by atoms with van der Waals surface area (Å²) >= 11 is 0. The molecule has 0 aliphatic rings. The third kappa shape index (κ3) is 3.57. The number of hydrogen-bond acceptors (Lipinski definition) is 4. The van der Waals surface area contributed by atoms with Crippen molar-refractivity contribution >= 4 is 11.7 Å². The molecule has 2 aromatic heterocycles. The highest BCUT2D eigenvalue weighted by atomic mass is 19.2. The van der Waals surface area contributed by atoms with Crippen molar-refractivity contribution in [3.05, 3.63) is 77.9 Å². The highest BCUT2D eigenvalue weighted by molar-refractivity contribution is 6.05. The molecule has 3 aromatic rings. The summed E-state index contributed by atoms with van der Waals surface area (Å²) in [4.78, 5) is 20.1. The Hall–Kier alpha value is -3.42. The van der Waals surface area contributed by atoms with Gasteiger partial charge < -0.3 is 10.1 Å². The Balaban J connectivity index is 1.89. The van der Waals surface area contributed by atoms with E-state index in [1.54, 1.807) is 18.2 Å². The van der Waals surface area contributed by atoms with Crippen LogP contribution in [0.2, 0.25) is 0 Å². The Labute approximate surface area is 140 Å². The van der Waals surface area contributed by atoms with Gasteiger partial charge in [-0.15, -0.1) is 0 Å². The molecule has 3 rings (SSSR count). The summed E-state index contributed by atoms with van der Waals surface area (Å²) in [7, 11) is 0. The SMILES string of the molecule is O=C(Nc1ccccn1)c1cccnc1Oc1ccc(F)c(F)c1F. The van der Waals surface area contributed by atoms with Crippen LogP contribution < -0.4 is 10.1 Å². The number of anilines is 1. The molecule has 2 heterocycles. The number of carbonyl (C=O) groups is 1. The molecule has 0 saturated heterocycles. The maximum atomic E-state index is 13.7. The van der Waals surface area contributed by atoms with E-state index in [-0.39, 0.29) is 11.4 Å². The lowest BCUT2D eigenvalue weighted by Crippen LogP contribution is -2.14. The number of nitrogens with zero attached hydrogens (tertiary/aromatic N) is 2. The molecule has 0 spiro atoms. The van der Waals surface area contributed by atoms with Gasteiger partial charge in [0.25, 0.3) is 5.91 Å². The van der Waals surface area contributed by atoms with Gasteiger partial charge in [-0.05, 0) is 36.4 Å². The number of pyridine rings is 2. The summed E-state index contributed by atoms with van der Waals surface area (Å²) in [5.74, 6) is -5.70. The average Bonchev–Trinajstić information content (AvgIpc) is 2.63. The molecule has 0 atom stereocenters. The Morgan fingerprint density at radius 2 is 1.72 bits per heavy atom. The number of nitrogens with one attached hydrogen (secondary N) is 1. The minimum Gasteiger partial charge on any atom is -0.435 e. The van der Waals surface area contributed by atoms with Crippen LogP contribution in [0.3, 0.4) is 0 Å². The predicted molar refractivity (Wildman–Crippen MR) is 82.8 cm³/mol. The van der Waals surface area contributed by atoms with E-state index < -0.39 is 29.1 Å². The monoisotopic (exact) mass is 345 g/mol. The minimum absolute atomic E-state index is 0.0303. The molecular weight excluding hydrogens is 335 g/mol. The molecule has 0 fully saturated rings. The Kier molecular flexibility index (Phi) is 4.60. The third-order valence-corrected chi connectivity index (χ3v) is 3.13. The second-order valence-corrected chi connectivity index (χ2v) is 4.80. The van der Waals surface area contributed by atoms with Crippen molar-refractivity contribution < 1.29 is 22.7 Å². The molecule has 1 amide bonds. The van der Waals surface area contributed by atoms with Crippen molar-refractivity contribution in [1.29, 1.82) is 0 Å². The van der Waals surface area contributed by atoms with Crippen LogP contribution in [0.15, 0.2) is 54.9 Å². The fourth-order valence-electron chi connectivity index (χ4n) is 1.96. The Bertz CT molecular complexity index is 920. The van der Waals surface area contributed by atoms with Crippen LogP contribution >= 0.6 is 0 Å². The minimum atomic E-state index is -1.67. The summed E-state index contributed by atoms with van der Waals surface area (Å²) in [5.41, 5.74) is -0.0303. The van der Waals surface area contributed by atoms with Crippen LogP contribution in [0.5, 0.6) is 11.6 Å². The number of rotatable bonds is 4. The van der Waals surface area contributed by atoms with Crippen molar-refractivity contribution in [2.45, 2.75) is 0 Å². The maximum Gasteiger partial charge on any atom is 0.262 e. The molecule has 0 unspecified atom stereocenters. The van der Waals surface area contributed by atoms with Crippen LogP contribution in [0.1, 0.15) is 10.4 Å². The lowest BCUT2D eigenvalue weighted by molar-refractivity contribution is 0.102. The molecule has 0 saturated carbocycles. The normalized spacial score (nSPS) is 10.4. The Morgan fingerprint density at radius 1 is 0.920 bits per heavy atom. The molecule has 126 valence electrons. The number of benzene rings is 1. The van der Waals surface area contributed by atoms with Gasteiger partial charge in [-0.25, -0.2) is 18.7 Å². The summed E-state index contributed by atoms with van der Waals surface area (Å²) in [6.07, 6.45) is 2.80. The zero-order valence-electron chi connectivity index (χ0n) is 12.5. The number of aromatic nitrogens is 2. The third-order valence-electron chi connectivity index (χ3n) is 3.13. The number of carbonyl (C=O) groups excluding carboxylic acids is 1. The molecular formula is C17H10F3N3O2. The van der Waals surface area contributed by atoms with Crippen molar-refractivity contribution in [3.8, 4) is 11.6 Å². The maximum absolute atomic E-state index is 13.7. The van der Waals surface area contributed by atoms with Gasteiger partial charge in [0, 0.05) is 12.4 Å². The highest BCUT2D eigenvalue weighted by Crippen LogP contribution is 2.28. The van der Waals surface area contributed by atoms with Gasteiger partial charge in [0.05, 0.1) is 0 Å². The summed E-state index contributed by atoms with van der Waals surface area (Å²) in [5, 5.41) is 2.52. The van der Waals surface area contributed by atoms with Gasteiger partial charge in [-0.2, -0.15) is 4.39 Å². The largest absolute Gasteiger partial charge is 0.435 e. The van der Waals surface area contributed by atoms with Crippen LogP contribution in [0.25, 0.3) is 0 Å². The van der Waals surface area contributed by atoms with E-state index in [0.717, 1.165) is 6.07 Å². The van der Waals surface area contributed by atoms with Gasteiger partial charge in [0.2, 0.25) is 11.7 Å². The summed E-state index contributed by atoms with van der Waals surface area (Å²) in [6.45, 7) is 0. The number of amides is 1. The van der Waals surface area contributed by atoms with Crippen LogP contribution in [0, 0.1) is 17.5 Å². The smallest absolute Gasteiger partial charge is 0.262 e. The zero-order valence-corrected chi connectivity index (χ0v) is 12.5. The van der Waals surface area contributed by atoms with Crippen molar-refractivity contribution in [2.24, 2.45) is 0 Å². The molecule has 1 N–H and O–H groups in total. The first-order chi connectivity index (χ1) is 12.1. The highest BCUT2D eigenvalue weighted by Gasteiger charge is 2.19. The number of halogens is 3. The fraction of sp³-hybridized carbons (Fsp3) is 0. The molecule has 0 bridgehead atoms. The van der Waals surface area contributed by atoms with Crippen LogP contribution in [0.4, 0.5) is 19.0 Å². The van der Waals surface area contributed by atoms with E-state index >= 15 is 0 Å². The molecule has 8 heteroatoms. The molecule has 25 heavy (non-hydrogen) atoms. The average molecular weight is 345 g/mol. The quantitative estimate of drug-likeness (QED) is 0.728. The van der Waals surface area contributed by atoms with Crippen molar-refractivity contribution in [3.63, 3.8) is 0 Å². The standard InChI is InChI=1S/C17H10F3N3O2/c18-11-6-7-12(15(20)14(11)19)25-17-10(4-3-9-22-17)16(24)23-13-5-1-2-8-21-13/h1-9H,(H,21,23,24). The van der Waals surface area contributed by atoms with E-state index in [9.17, 15) is 18.0 Å². The molecule has 0 radical (unpaired) electrons. The van der Waals surface area contributed by atoms with E-state index in [4.69, 9.17) is 4.74 Å². The van der Waals surface area contributed by atoms with Crippen LogP contribution in [-0.4, -0.2) is 15.9 Å².